The fourth-order valence-electron chi connectivity index (χ4n) is 3.90. The Morgan fingerprint density at radius 1 is 0.900 bits per heavy atom. The fraction of sp³-hybridized carbons (Fsp3) is 0.261. The molecule has 5 rings (SSSR count). The molecule has 1 saturated carbocycles. The molecular weight excluding hydrogens is 376 g/mol. The van der Waals surface area contributed by atoms with Crippen molar-refractivity contribution in [3.05, 3.63) is 67.0 Å². The van der Waals surface area contributed by atoms with Gasteiger partial charge in [-0.3, -0.25) is 0 Å². The van der Waals surface area contributed by atoms with Crippen molar-refractivity contribution in [1.29, 1.82) is 0 Å². The lowest BCUT2D eigenvalue weighted by Gasteiger charge is -2.26. The Kier molecular flexibility index (Phi) is 5.03. The number of aromatic nitrogens is 4. The van der Waals surface area contributed by atoms with Crippen LogP contribution in [-0.4, -0.2) is 36.8 Å². The zero-order valence-electron chi connectivity index (χ0n) is 16.6. The molecule has 1 aliphatic carbocycles. The molecule has 0 bridgehead atoms. The van der Waals surface area contributed by atoms with E-state index in [1.807, 2.05) is 65.3 Å². The minimum atomic E-state index is -0.163. The monoisotopic (exact) mass is 400 g/mol. The second kappa shape index (κ2) is 8.12. The van der Waals surface area contributed by atoms with Crippen molar-refractivity contribution in [2.75, 3.05) is 10.6 Å². The van der Waals surface area contributed by atoms with Gasteiger partial charge in [0.25, 0.3) is 0 Å². The molecule has 4 aromatic rings. The van der Waals surface area contributed by atoms with Crippen LogP contribution in [0, 0.1) is 0 Å². The summed E-state index contributed by atoms with van der Waals surface area (Å²) in [5.74, 6) is 1.59. The molecule has 0 aliphatic heterocycles. The van der Waals surface area contributed by atoms with Gasteiger partial charge in [-0.2, -0.15) is 0 Å². The highest BCUT2D eigenvalue weighted by atomic mass is 16.3. The topological polar surface area (TPSA) is 87.4 Å². The number of pyridine rings is 1. The highest BCUT2D eigenvalue weighted by molar-refractivity contribution is 5.68. The average molecular weight is 400 g/mol. The summed E-state index contributed by atoms with van der Waals surface area (Å²) >= 11 is 0. The van der Waals surface area contributed by atoms with Gasteiger partial charge in [0.05, 0.1) is 18.0 Å². The predicted molar refractivity (Wildman–Crippen MR) is 118 cm³/mol. The lowest BCUT2D eigenvalue weighted by atomic mass is 9.93. The van der Waals surface area contributed by atoms with Crippen molar-refractivity contribution in [3.8, 4) is 11.3 Å². The summed E-state index contributed by atoms with van der Waals surface area (Å²) in [5, 5.41) is 21.3. The van der Waals surface area contributed by atoms with Gasteiger partial charge in [-0.25, -0.2) is 14.5 Å². The molecule has 3 N–H and O–H groups in total. The molecule has 0 unspecified atom stereocenters. The van der Waals surface area contributed by atoms with Crippen molar-refractivity contribution < 1.29 is 5.11 Å². The van der Waals surface area contributed by atoms with Gasteiger partial charge in [-0.05, 0) is 62.1 Å². The molecule has 7 heteroatoms. The summed E-state index contributed by atoms with van der Waals surface area (Å²) in [6.07, 6.45) is 7.05. The Bertz CT molecular complexity index is 1130. The van der Waals surface area contributed by atoms with E-state index < -0.39 is 0 Å². The van der Waals surface area contributed by atoms with Crippen molar-refractivity contribution >= 4 is 23.0 Å². The quantitative estimate of drug-likeness (QED) is 0.464. The number of imidazole rings is 1. The van der Waals surface area contributed by atoms with Crippen LogP contribution < -0.4 is 10.6 Å². The second-order valence-corrected chi connectivity index (χ2v) is 7.70. The molecule has 1 aliphatic rings. The van der Waals surface area contributed by atoms with Crippen LogP contribution in [0.5, 0.6) is 0 Å². The van der Waals surface area contributed by atoms with Gasteiger partial charge in [0.15, 0.2) is 5.65 Å². The maximum atomic E-state index is 9.72. The first-order valence-corrected chi connectivity index (χ1v) is 10.3. The molecule has 1 aromatic carbocycles. The summed E-state index contributed by atoms with van der Waals surface area (Å²) in [4.78, 5) is 8.94. The maximum absolute atomic E-state index is 9.72. The highest BCUT2D eigenvalue weighted by Crippen LogP contribution is 2.25. The summed E-state index contributed by atoms with van der Waals surface area (Å²) in [6, 6.07) is 18.2. The van der Waals surface area contributed by atoms with Crippen molar-refractivity contribution in [2.45, 2.75) is 37.8 Å². The number of hydrogen-bond acceptors (Lipinski definition) is 6. The minimum Gasteiger partial charge on any atom is -0.393 e. The highest BCUT2D eigenvalue weighted by Gasteiger charge is 2.19. The molecule has 30 heavy (non-hydrogen) atoms. The largest absolute Gasteiger partial charge is 0.393 e. The molecule has 7 nitrogen and oxygen atoms in total. The summed E-state index contributed by atoms with van der Waals surface area (Å²) < 4.78 is 1.86. The summed E-state index contributed by atoms with van der Waals surface area (Å²) in [5.41, 5.74) is 3.68. The molecule has 0 atom stereocenters. The third-order valence-electron chi connectivity index (χ3n) is 5.51. The van der Waals surface area contributed by atoms with Gasteiger partial charge in [0.2, 0.25) is 0 Å². The van der Waals surface area contributed by atoms with Crippen molar-refractivity contribution in [3.63, 3.8) is 0 Å². The Balaban J connectivity index is 1.41. The zero-order valence-corrected chi connectivity index (χ0v) is 16.6. The lowest BCUT2D eigenvalue weighted by molar-refractivity contribution is 0.126. The van der Waals surface area contributed by atoms with E-state index in [0.717, 1.165) is 59.9 Å². The minimum absolute atomic E-state index is 0.163. The van der Waals surface area contributed by atoms with Crippen LogP contribution in [0.3, 0.4) is 0 Å². The van der Waals surface area contributed by atoms with E-state index in [2.05, 4.69) is 20.6 Å². The third-order valence-corrected chi connectivity index (χ3v) is 5.51. The van der Waals surface area contributed by atoms with Gasteiger partial charge >= 0.3 is 0 Å². The Morgan fingerprint density at radius 2 is 1.73 bits per heavy atom. The van der Waals surface area contributed by atoms with Gasteiger partial charge in [-0.15, -0.1) is 5.10 Å². The average Bonchev–Trinajstić information content (AvgIpc) is 3.20. The SMILES string of the molecule is O[C@H]1CC[C@H](Nc2ccc3ncc(-c4ccnc(Nc5ccccc5)c4)n3n2)CC1. The van der Waals surface area contributed by atoms with Crippen molar-refractivity contribution in [2.24, 2.45) is 0 Å². The smallest absolute Gasteiger partial charge is 0.154 e. The van der Waals surface area contributed by atoms with E-state index in [-0.39, 0.29) is 6.10 Å². The van der Waals surface area contributed by atoms with Crippen LogP contribution in [-0.2, 0) is 0 Å². The van der Waals surface area contributed by atoms with E-state index in [0.29, 0.717) is 6.04 Å². The molecule has 0 radical (unpaired) electrons. The number of para-hydroxylation sites is 1. The van der Waals surface area contributed by atoms with E-state index >= 15 is 0 Å². The first kappa shape index (κ1) is 18.6. The summed E-state index contributed by atoms with van der Waals surface area (Å²) in [6.45, 7) is 0. The second-order valence-electron chi connectivity index (χ2n) is 7.70. The molecule has 152 valence electrons. The number of benzene rings is 1. The number of nitrogens with zero attached hydrogens (tertiary/aromatic N) is 4. The van der Waals surface area contributed by atoms with E-state index in [1.54, 1.807) is 6.20 Å². The Morgan fingerprint density at radius 3 is 2.57 bits per heavy atom. The van der Waals surface area contributed by atoms with Crippen LogP contribution >= 0.6 is 0 Å². The Labute approximate surface area is 174 Å². The maximum Gasteiger partial charge on any atom is 0.154 e. The third kappa shape index (κ3) is 3.97. The van der Waals surface area contributed by atoms with E-state index in [9.17, 15) is 5.11 Å². The molecule has 3 heterocycles. The number of nitrogens with one attached hydrogen (secondary N) is 2. The summed E-state index contributed by atoms with van der Waals surface area (Å²) in [7, 11) is 0. The zero-order chi connectivity index (χ0) is 20.3. The predicted octanol–water partition coefficient (Wildman–Crippen LogP) is 4.25. The molecule has 3 aromatic heterocycles. The Hall–Kier alpha value is -3.45. The van der Waals surface area contributed by atoms with E-state index in [4.69, 9.17) is 5.10 Å². The fourth-order valence-corrected chi connectivity index (χ4v) is 3.90. The standard InChI is InChI=1S/C23H24N6O/c30-19-8-6-18(7-9-19)26-21-10-11-23-25-15-20(29(23)28-21)16-12-13-24-22(14-16)27-17-4-2-1-3-5-17/h1-5,10-15,18-19,30H,6-9H2,(H,24,27)(H,26,28)/t18-,19-. The van der Waals surface area contributed by atoms with Gasteiger partial charge in [0.1, 0.15) is 11.6 Å². The normalized spacial score (nSPS) is 19.0. The molecular formula is C23H24N6O. The lowest BCUT2D eigenvalue weighted by Crippen LogP contribution is -2.28. The molecule has 0 saturated heterocycles. The van der Waals surface area contributed by atoms with E-state index in [1.165, 1.54) is 0 Å². The number of anilines is 3. The first-order valence-electron chi connectivity index (χ1n) is 10.3. The van der Waals surface area contributed by atoms with Crippen LogP contribution in [0.15, 0.2) is 67.0 Å². The number of rotatable bonds is 5. The van der Waals surface area contributed by atoms with Crippen LogP contribution in [0.25, 0.3) is 16.9 Å². The number of hydrogen-bond donors (Lipinski definition) is 3. The molecule has 1 fully saturated rings. The number of aliphatic hydroxyl groups is 1. The van der Waals surface area contributed by atoms with Gasteiger partial charge < -0.3 is 15.7 Å². The van der Waals surface area contributed by atoms with Crippen LogP contribution in [0.4, 0.5) is 17.3 Å². The molecule has 0 spiro atoms. The van der Waals surface area contributed by atoms with Crippen LogP contribution in [0.2, 0.25) is 0 Å². The molecule has 0 amide bonds. The van der Waals surface area contributed by atoms with Gasteiger partial charge in [0, 0.05) is 23.5 Å². The van der Waals surface area contributed by atoms with Crippen molar-refractivity contribution in [1.82, 2.24) is 19.6 Å². The number of fused-ring (bicyclic) bond motifs is 1. The number of aliphatic hydroxyl groups excluding tert-OH is 1. The first-order chi connectivity index (χ1) is 14.7. The van der Waals surface area contributed by atoms with Gasteiger partial charge in [-0.1, -0.05) is 18.2 Å². The van der Waals surface area contributed by atoms with Crippen LogP contribution in [0.1, 0.15) is 25.7 Å².